The Labute approximate surface area is 78.4 Å². The maximum atomic E-state index is 11.1. The maximum Gasteiger partial charge on any atom is 0.326 e. The standard InChI is InChI=1S/C8H13NO2.ClH/c1-6-3-4-8(9,5-6)7(10)11-2;/h1,3-5,9H2,2H3;1H. The zero-order valence-electron chi connectivity index (χ0n) is 7.13. The summed E-state index contributed by atoms with van der Waals surface area (Å²) in [5.74, 6) is -0.323. The molecule has 0 heterocycles. The molecule has 1 aliphatic carbocycles. The van der Waals surface area contributed by atoms with Crippen LogP contribution in [-0.2, 0) is 9.53 Å². The van der Waals surface area contributed by atoms with Crippen LogP contribution in [0.4, 0.5) is 0 Å². The van der Waals surface area contributed by atoms with Crippen molar-refractivity contribution in [3.8, 4) is 0 Å². The molecule has 1 aliphatic rings. The topological polar surface area (TPSA) is 52.3 Å². The molecule has 1 saturated carbocycles. The number of halogens is 1. The van der Waals surface area contributed by atoms with E-state index in [0.29, 0.717) is 12.8 Å². The van der Waals surface area contributed by atoms with Crippen molar-refractivity contribution in [1.29, 1.82) is 0 Å². The van der Waals surface area contributed by atoms with Crippen LogP contribution in [0.5, 0.6) is 0 Å². The van der Waals surface area contributed by atoms with Crippen LogP contribution in [-0.4, -0.2) is 18.6 Å². The van der Waals surface area contributed by atoms with Crippen molar-refractivity contribution < 1.29 is 9.53 Å². The first-order chi connectivity index (χ1) is 5.08. The van der Waals surface area contributed by atoms with Crippen molar-refractivity contribution in [2.75, 3.05) is 7.11 Å². The van der Waals surface area contributed by atoms with Crippen molar-refractivity contribution in [2.24, 2.45) is 5.73 Å². The van der Waals surface area contributed by atoms with Crippen LogP contribution in [0.25, 0.3) is 0 Å². The highest BCUT2D eigenvalue weighted by Crippen LogP contribution is 2.31. The van der Waals surface area contributed by atoms with Gasteiger partial charge in [0.05, 0.1) is 7.11 Å². The average molecular weight is 192 g/mol. The smallest absolute Gasteiger partial charge is 0.326 e. The summed E-state index contributed by atoms with van der Waals surface area (Å²) < 4.78 is 4.58. The van der Waals surface area contributed by atoms with E-state index in [0.717, 1.165) is 12.0 Å². The molecule has 1 rings (SSSR count). The first-order valence-corrected chi connectivity index (χ1v) is 3.62. The molecule has 1 atom stereocenters. The second-order valence-electron chi connectivity index (χ2n) is 3.07. The zero-order chi connectivity index (χ0) is 8.48. The number of hydrogen-bond donors (Lipinski definition) is 1. The minimum absolute atomic E-state index is 0. The highest BCUT2D eigenvalue weighted by molar-refractivity contribution is 5.85. The Kier molecular flexibility index (Phi) is 3.74. The zero-order valence-corrected chi connectivity index (χ0v) is 7.95. The van der Waals surface area contributed by atoms with Crippen molar-refractivity contribution in [3.05, 3.63) is 12.2 Å². The Morgan fingerprint density at radius 2 is 2.33 bits per heavy atom. The summed E-state index contributed by atoms with van der Waals surface area (Å²) in [6.07, 6.45) is 2.07. The number of nitrogens with two attached hydrogens (primary N) is 1. The van der Waals surface area contributed by atoms with Crippen LogP contribution in [0.15, 0.2) is 12.2 Å². The van der Waals surface area contributed by atoms with E-state index in [9.17, 15) is 4.79 Å². The molecular weight excluding hydrogens is 178 g/mol. The number of hydrogen-bond acceptors (Lipinski definition) is 3. The fraction of sp³-hybridized carbons (Fsp3) is 0.625. The Bertz CT molecular complexity index is 205. The first kappa shape index (κ1) is 11.5. The summed E-state index contributed by atoms with van der Waals surface area (Å²) in [4.78, 5) is 11.1. The predicted molar refractivity (Wildman–Crippen MR) is 49.2 cm³/mol. The Morgan fingerprint density at radius 1 is 1.75 bits per heavy atom. The monoisotopic (exact) mass is 191 g/mol. The maximum absolute atomic E-state index is 11.1. The van der Waals surface area contributed by atoms with Crippen LogP contribution in [0.1, 0.15) is 19.3 Å². The van der Waals surface area contributed by atoms with Gasteiger partial charge in [-0.25, -0.2) is 0 Å². The van der Waals surface area contributed by atoms with Gasteiger partial charge < -0.3 is 10.5 Å². The first-order valence-electron chi connectivity index (χ1n) is 3.62. The Balaban J connectivity index is 0.00000121. The molecule has 70 valence electrons. The number of methoxy groups -OCH3 is 1. The molecule has 1 fully saturated rings. The van der Waals surface area contributed by atoms with Gasteiger partial charge in [-0.15, -0.1) is 12.4 Å². The fourth-order valence-electron chi connectivity index (χ4n) is 1.40. The molecule has 3 nitrogen and oxygen atoms in total. The van der Waals surface area contributed by atoms with E-state index in [2.05, 4.69) is 11.3 Å². The number of ether oxygens (including phenoxy) is 1. The SMILES string of the molecule is C=C1CCC(N)(C(=O)OC)C1.Cl. The van der Waals surface area contributed by atoms with E-state index in [-0.39, 0.29) is 18.4 Å². The molecule has 0 spiro atoms. The highest BCUT2D eigenvalue weighted by Gasteiger charge is 2.39. The van der Waals surface area contributed by atoms with E-state index < -0.39 is 5.54 Å². The van der Waals surface area contributed by atoms with Gasteiger partial charge in [0.2, 0.25) is 0 Å². The molecule has 0 radical (unpaired) electrons. The van der Waals surface area contributed by atoms with Gasteiger partial charge in [0.15, 0.2) is 0 Å². The summed E-state index contributed by atoms with van der Waals surface area (Å²) in [5, 5.41) is 0. The molecule has 4 heteroatoms. The number of carbonyl (C=O) groups excluding carboxylic acids is 1. The second-order valence-corrected chi connectivity index (χ2v) is 3.07. The van der Waals surface area contributed by atoms with E-state index in [1.54, 1.807) is 0 Å². The molecular formula is C8H14ClNO2. The van der Waals surface area contributed by atoms with Gasteiger partial charge in [-0.3, -0.25) is 4.79 Å². The molecule has 0 aromatic heterocycles. The molecule has 0 bridgehead atoms. The molecule has 12 heavy (non-hydrogen) atoms. The molecule has 0 amide bonds. The van der Waals surface area contributed by atoms with Gasteiger partial charge in [0.1, 0.15) is 5.54 Å². The lowest BCUT2D eigenvalue weighted by molar-refractivity contribution is -0.146. The van der Waals surface area contributed by atoms with E-state index in [1.165, 1.54) is 7.11 Å². The lowest BCUT2D eigenvalue weighted by Crippen LogP contribution is -2.45. The predicted octanol–water partition coefficient (Wildman–Crippen LogP) is 1.02. The van der Waals surface area contributed by atoms with Crippen molar-refractivity contribution in [1.82, 2.24) is 0 Å². The third-order valence-corrected chi connectivity index (χ3v) is 2.08. The normalized spacial score (nSPS) is 28.0. The van der Waals surface area contributed by atoms with Gasteiger partial charge in [-0.1, -0.05) is 12.2 Å². The molecule has 0 aliphatic heterocycles. The van der Waals surface area contributed by atoms with Gasteiger partial charge in [-0.2, -0.15) is 0 Å². The quantitative estimate of drug-likeness (QED) is 0.498. The number of esters is 1. The summed E-state index contributed by atoms with van der Waals surface area (Å²) in [6, 6.07) is 0. The van der Waals surface area contributed by atoms with Crippen LogP contribution in [0, 0.1) is 0 Å². The largest absolute Gasteiger partial charge is 0.468 e. The van der Waals surface area contributed by atoms with E-state index >= 15 is 0 Å². The van der Waals surface area contributed by atoms with Crippen LogP contribution >= 0.6 is 12.4 Å². The van der Waals surface area contributed by atoms with Crippen molar-refractivity contribution in [2.45, 2.75) is 24.8 Å². The summed E-state index contributed by atoms with van der Waals surface area (Å²) in [6.45, 7) is 3.78. The number of carbonyl (C=O) groups is 1. The Hall–Kier alpha value is -0.540. The van der Waals surface area contributed by atoms with E-state index in [4.69, 9.17) is 5.73 Å². The summed E-state index contributed by atoms with van der Waals surface area (Å²) in [7, 11) is 1.36. The van der Waals surface area contributed by atoms with Crippen molar-refractivity contribution in [3.63, 3.8) is 0 Å². The third-order valence-electron chi connectivity index (χ3n) is 2.08. The lowest BCUT2D eigenvalue weighted by Gasteiger charge is -2.18. The Morgan fingerprint density at radius 3 is 2.67 bits per heavy atom. The lowest BCUT2D eigenvalue weighted by atomic mass is 9.99. The second kappa shape index (κ2) is 3.92. The van der Waals surface area contributed by atoms with Gasteiger partial charge in [0, 0.05) is 0 Å². The molecule has 1 unspecified atom stereocenters. The third kappa shape index (κ3) is 1.99. The van der Waals surface area contributed by atoms with Crippen LogP contribution < -0.4 is 5.73 Å². The number of rotatable bonds is 1. The minimum Gasteiger partial charge on any atom is -0.468 e. The molecule has 0 aromatic rings. The summed E-state index contributed by atoms with van der Waals surface area (Å²) in [5.41, 5.74) is 6.02. The van der Waals surface area contributed by atoms with Gasteiger partial charge >= 0.3 is 5.97 Å². The molecule has 0 saturated heterocycles. The van der Waals surface area contributed by atoms with Gasteiger partial charge in [-0.05, 0) is 19.3 Å². The molecule has 2 N–H and O–H groups in total. The fourth-order valence-corrected chi connectivity index (χ4v) is 1.40. The van der Waals surface area contributed by atoms with Gasteiger partial charge in [0.25, 0.3) is 0 Å². The minimum atomic E-state index is -0.786. The summed E-state index contributed by atoms with van der Waals surface area (Å²) >= 11 is 0. The molecule has 0 aromatic carbocycles. The van der Waals surface area contributed by atoms with Crippen molar-refractivity contribution >= 4 is 18.4 Å². The van der Waals surface area contributed by atoms with Crippen LogP contribution in [0.2, 0.25) is 0 Å². The van der Waals surface area contributed by atoms with E-state index in [1.807, 2.05) is 0 Å². The van der Waals surface area contributed by atoms with Crippen LogP contribution in [0.3, 0.4) is 0 Å². The highest BCUT2D eigenvalue weighted by atomic mass is 35.5. The average Bonchev–Trinajstić information content (AvgIpc) is 2.31.